The van der Waals surface area contributed by atoms with Crippen LogP contribution in [0.3, 0.4) is 0 Å². The summed E-state index contributed by atoms with van der Waals surface area (Å²) < 4.78 is 5.71. The van der Waals surface area contributed by atoms with Crippen LogP contribution in [0.4, 0.5) is 0 Å². The van der Waals surface area contributed by atoms with E-state index in [2.05, 4.69) is 4.98 Å². The third-order valence-corrected chi connectivity index (χ3v) is 5.37. The third kappa shape index (κ3) is 5.18. The molecule has 1 aromatic heterocycles. The van der Waals surface area contributed by atoms with Crippen molar-refractivity contribution in [2.75, 3.05) is 6.61 Å². The van der Waals surface area contributed by atoms with Gasteiger partial charge in [0.2, 0.25) is 0 Å². The second-order valence-electron chi connectivity index (χ2n) is 5.93. The number of nitrogens with zero attached hydrogens (tertiary/aromatic N) is 1. The zero-order valence-electron chi connectivity index (χ0n) is 14.7. The normalized spacial score (nSPS) is 11.4. The predicted octanol–water partition coefficient (Wildman–Crippen LogP) is 5.57. The van der Waals surface area contributed by atoms with Gasteiger partial charge in [0.25, 0.3) is 0 Å². The molecule has 4 nitrogen and oxygen atoms in total. The van der Waals surface area contributed by atoms with Crippen molar-refractivity contribution in [1.29, 1.82) is 0 Å². The maximum Gasteiger partial charge on any atom is 0.307 e. The monoisotopic (exact) mass is 399 g/mol. The van der Waals surface area contributed by atoms with Crippen molar-refractivity contribution in [1.82, 2.24) is 4.98 Å². The van der Waals surface area contributed by atoms with Crippen LogP contribution >= 0.6 is 22.9 Å². The van der Waals surface area contributed by atoms with E-state index >= 15 is 0 Å². The van der Waals surface area contributed by atoms with Crippen molar-refractivity contribution in [3.05, 3.63) is 76.3 Å². The maximum absolute atomic E-state index is 10.8. The van der Waals surface area contributed by atoms with E-state index in [1.54, 1.807) is 29.5 Å². The van der Waals surface area contributed by atoms with Crippen molar-refractivity contribution in [2.45, 2.75) is 13.3 Å². The van der Waals surface area contributed by atoms with Crippen molar-refractivity contribution < 1.29 is 14.6 Å². The molecule has 1 N–H and O–H groups in total. The Balaban J connectivity index is 1.63. The number of halogens is 1. The van der Waals surface area contributed by atoms with E-state index in [1.165, 1.54) is 0 Å². The number of aliphatic carboxylic acids is 1. The largest absolute Gasteiger partial charge is 0.488 e. The molecule has 0 aliphatic heterocycles. The molecule has 0 saturated heterocycles. The molecule has 0 unspecified atom stereocenters. The Morgan fingerprint density at radius 1 is 1.26 bits per heavy atom. The van der Waals surface area contributed by atoms with Crippen LogP contribution in [-0.2, 0) is 11.2 Å². The molecule has 0 saturated carbocycles. The zero-order valence-corrected chi connectivity index (χ0v) is 16.3. The van der Waals surface area contributed by atoms with Crippen LogP contribution in [0.25, 0.3) is 16.1 Å². The molecule has 0 bridgehead atoms. The average Bonchev–Trinajstić information content (AvgIpc) is 3.14. The minimum absolute atomic E-state index is 0.0614. The van der Waals surface area contributed by atoms with E-state index in [4.69, 9.17) is 21.4 Å². The number of hydrogen-bond donors (Lipinski definition) is 1. The Labute approximate surface area is 166 Å². The summed E-state index contributed by atoms with van der Waals surface area (Å²) in [4.78, 5) is 16.3. The number of rotatable bonds is 7. The molecule has 0 aliphatic rings. The number of carboxylic acids is 1. The quantitative estimate of drug-likeness (QED) is 0.564. The fourth-order valence-corrected chi connectivity index (χ4v) is 3.65. The molecule has 0 fully saturated rings. The molecule has 3 rings (SSSR count). The van der Waals surface area contributed by atoms with Crippen molar-refractivity contribution in [3.8, 4) is 16.3 Å². The topological polar surface area (TPSA) is 59.4 Å². The first-order valence-electron chi connectivity index (χ1n) is 8.34. The molecule has 27 heavy (non-hydrogen) atoms. The molecule has 6 heteroatoms. The lowest BCUT2D eigenvalue weighted by molar-refractivity contribution is -0.136. The molecule has 0 radical (unpaired) electrons. The summed E-state index contributed by atoms with van der Waals surface area (Å²) in [6.07, 6.45) is 3.78. The van der Waals surface area contributed by atoms with Gasteiger partial charge in [-0.1, -0.05) is 48.0 Å². The van der Waals surface area contributed by atoms with Gasteiger partial charge in [-0.2, -0.15) is 0 Å². The van der Waals surface area contributed by atoms with E-state index in [9.17, 15) is 4.79 Å². The van der Waals surface area contributed by atoms with Gasteiger partial charge in [-0.05, 0) is 36.3 Å². The van der Waals surface area contributed by atoms with Gasteiger partial charge in [0.1, 0.15) is 17.4 Å². The van der Waals surface area contributed by atoms with E-state index in [0.717, 1.165) is 21.0 Å². The highest BCUT2D eigenvalue weighted by atomic mass is 35.5. The molecule has 0 aliphatic carbocycles. The van der Waals surface area contributed by atoms with E-state index in [0.29, 0.717) is 22.9 Å². The van der Waals surface area contributed by atoms with E-state index < -0.39 is 5.97 Å². The number of hydrogen-bond acceptors (Lipinski definition) is 4. The lowest BCUT2D eigenvalue weighted by Gasteiger charge is -2.07. The third-order valence-electron chi connectivity index (χ3n) is 3.90. The Bertz CT molecular complexity index is 967. The van der Waals surface area contributed by atoms with E-state index in [-0.39, 0.29) is 6.42 Å². The summed E-state index contributed by atoms with van der Waals surface area (Å²) in [5.74, 6) is -0.359. The van der Waals surface area contributed by atoms with Crippen LogP contribution in [-0.4, -0.2) is 22.7 Å². The molecule has 138 valence electrons. The zero-order chi connectivity index (χ0) is 19.2. The molecule has 0 amide bonds. The van der Waals surface area contributed by atoms with Crippen molar-refractivity contribution in [3.63, 3.8) is 0 Å². The number of ether oxygens (including phenoxy) is 1. The van der Waals surface area contributed by atoms with Crippen LogP contribution in [0.1, 0.15) is 17.4 Å². The first-order valence-corrected chi connectivity index (χ1v) is 9.54. The van der Waals surface area contributed by atoms with E-state index in [1.807, 2.05) is 49.5 Å². The number of allylic oxidation sites excluding steroid dienone is 1. The van der Waals surface area contributed by atoms with Crippen molar-refractivity contribution >= 4 is 34.5 Å². The molecule has 3 aromatic rings. The fourth-order valence-electron chi connectivity index (χ4n) is 2.47. The van der Waals surface area contributed by atoms with Gasteiger partial charge in [0.15, 0.2) is 0 Å². The maximum atomic E-state index is 10.8. The Morgan fingerprint density at radius 3 is 2.74 bits per heavy atom. The van der Waals surface area contributed by atoms with Crippen LogP contribution in [0.5, 0.6) is 5.75 Å². The van der Waals surface area contributed by atoms with Gasteiger partial charge >= 0.3 is 5.97 Å². The molecule has 0 spiro atoms. The molecular weight excluding hydrogens is 382 g/mol. The summed E-state index contributed by atoms with van der Waals surface area (Å²) in [5, 5.41) is 10.2. The van der Waals surface area contributed by atoms with Gasteiger partial charge < -0.3 is 9.84 Å². The summed E-state index contributed by atoms with van der Waals surface area (Å²) in [7, 11) is 0. The smallest absolute Gasteiger partial charge is 0.307 e. The summed E-state index contributed by atoms with van der Waals surface area (Å²) in [6, 6.07) is 15.1. The first-order chi connectivity index (χ1) is 13.0. The lowest BCUT2D eigenvalue weighted by Crippen LogP contribution is -2.01. The minimum atomic E-state index is -0.891. The van der Waals surface area contributed by atoms with Gasteiger partial charge in [-0.15, -0.1) is 11.3 Å². The number of thiazole rings is 1. The summed E-state index contributed by atoms with van der Waals surface area (Å²) >= 11 is 7.80. The lowest BCUT2D eigenvalue weighted by atomic mass is 10.1. The number of carbonyl (C=O) groups is 1. The first kappa shape index (κ1) is 19.1. The predicted molar refractivity (Wildman–Crippen MR) is 109 cm³/mol. The van der Waals surface area contributed by atoms with Crippen LogP contribution in [0.15, 0.2) is 60.8 Å². The minimum Gasteiger partial charge on any atom is -0.488 e. The van der Waals surface area contributed by atoms with Gasteiger partial charge in [0, 0.05) is 11.8 Å². The standard InChI is InChI=1S/C21H18ClNO3S/c1-14(19-13-23-21(27-19)16-5-3-2-4-6-16)9-10-26-18-8-7-15(11-17(18)22)12-20(24)25/h2-9,11,13H,10,12H2,1H3,(H,24,25)/b14-9-. The Kier molecular flexibility index (Phi) is 6.27. The Morgan fingerprint density at radius 2 is 2.04 bits per heavy atom. The van der Waals surface area contributed by atoms with Crippen LogP contribution in [0.2, 0.25) is 5.02 Å². The summed E-state index contributed by atoms with van der Waals surface area (Å²) in [6.45, 7) is 2.38. The van der Waals surface area contributed by atoms with Gasteiger partial charge in [-0.25, -0.2) is 4.98 Å². The van der Waals surface area contributed by atoms with Crippen LogP contribution in [0, 0.1) is 0 Å². The van der Waals surface area contributed by atoms with Crippen LogP contribution < -0.4 is 4.74 Å². The molecular formula is C21H18ClNO3S. The SMILES string of the molecule is C/C(=C/COc1ccc(CC(=O)O)cc1Cl)c1cnc(-c2ccccc2)s1. The second kappa shape index (κ2) is 8.84. The molecule has 2 aromatic carbocycles. The highest BCUT2D eigenvalue weighted by molar-refractivity contribution is 7.16. The Hall–Kier alpha value is -2.63. The van der Waals surface area contributed by atoms with Crippen molar-refractivity contribution in [2.24, 2.45) is 0 Å². The average molecular weight is 400 g/mol. The highest BCUT2D eigenvalue weighted by Gasteiger charge is 2.07. The number of benzene rings is 2. The highest BCUT2D eigenvalue weighted by Crippen LogP contribution is 2.29. The molecule has 0 atom stereocenters. The summed E-state index contributed by atoms with van der Waals surface area (Å²) in [5.41, 5.74) is 2.82. The fraction of sp³-hybridized carbons (Fsp3) is 0.143. The van der Waals surface area contributed by atoms with Gasteiger partial charge in [-0.3, -0.25) is 4.79 Å². The second-order valence-corrected chi connectivity index (χ2v) is 7.37. The van der Waals surface area contributed by atoms with Gasteiger partial charge in [0.05, 0.1) is 16.3 Å². The molecule has 1 heterocycles. The number of aromatic nitrogens is 1. The number of carboxylic acid groups (broad SMARTS) is 1.